The number of amides is 1. The van der Waals surface area contributed by atoms with Gasteiger partial charge in [0, 0.05) is 21.9 Å². The molecule has 1 aliphatic rings. The molecule has 1 amide bonds. The number of nitrogens with one attached hydrogen (secondary N) is 2. The van der Waals surface area contributed by atoms with Crippen molar-refractivity contribution in [3.05, 3.63) is 113 Å². The minimum Gasteiger partial charge on any atom is -0.328 e. The lowest BCUT2D eigenvalue weighted by molar-refractivity contribution is -0.113. The zero-order valence-electron chi connectivity index (χ0n) is 19.3. The third kappa shape index (κ3) is 3.95. The number of pyridine rings is 1. The third-order valence-electron chi connectivity index (χ3n) is 6.23. The fourth-order valence-corrected chi connectivity index (χ4v) is 4.83. The smallest absolute Gasteiger partial charge is 0.255 e. The number of hydrogen-bond donors (Lipinski definition) is 2. The van der Waals surface area contributed by atoms with Crippen molar-refractivity contribution in [2.45, 2.75) is 13.0 Å². The number of carbonyl (C=O) groups is 1. The lowest BCUT2D eigenvalue weighted by atomic mass is 9.95. The van der Waals surface area contributed by atoms with E-state index in [0.717, 1.165) is 26.4 Å². The molecule has 5 aromatic rings. The van der Waals surface area contributed by atoms with Gasteiger partial charge in [-0.1, -0.05) is 70.5 Å². The molecule has 3 heterocycles. The quantitative estimate of drug-likeness (QED) is 0.286. The molecular weight excluding hydrogens is 516 g/mol. The van der Waals surface area contributed by atoms with Gasteiger partial charge in [0.15, 0.2) is 5.82 Å². The van der Waals surface area contributed by atoms with E-state index in [4.69, 9.17) is 10.1 Å². The summed E-state index contributed by atoms with van der Waals surface area (Å²) in [4.78, 5) is 22.5. The predicted molar refractivity (Wildman–Crippen MR) is 144 cm³/mol. The van der Waals surface area contributed by atoms with Gasteiger partial charge in [-0.2, -0.15) is 4.98 Å². The number of aromatic nitrogens is 4. The zero-order chi connectivity index (χ0) is 24.6. The molecule has 2 N–H and O–H groups in total. The summed E-state index contributed by atoms with van der Waals surface area (Å²) in [5.74, 6) is 0.952. The number of hydrogen-bond acceptors (Lipinski definition) is 5. The van der Waals surface area contributed by atoms with Crippen molar-refractivity contribution in [2.24, 2.45) is 0 Å². The normalized spacial score (nSPS) is 14.9. The van der Waals surface area contributed by atoms with E-state index in [1.54, 1.807) is 23.1 Å². The molecule has 1 aliphatic heterocycles. The second-order valence-corrected chi connectivity index (χ2v) is 9.46. The van der Waals surface area contributed by atoms with Crippen LogP contribution in [0.3, 0.4) is 0 Å². The minimum atomic E-state index is -0.470. The van der Waals surface area contributed by atoms with Gasteiger partial charge in [0.1, 0.15) is 6.04 Å². The van der Waals surface area contributed by atoms with Crippen LogP contribution in [-0.2, 0) is 4.79 Å². The SMILES string of the molecule is CC1=C(C(=O)Nc2cccnc2)C(c2ccc(Br)cc2)n2nc(-c3cccc4ccccc34)nc2N1. The van der Waals surface area contributed by atoms with E-state index in [2.05, 4.69) is 49.7 Å². The van der Waals surface area contributed by atoms with E-state index in [9.17, 15) is 4.79 Å². The number of allylic oxidation sites excluding steroid dienone is 1. The summed E-state index contributed by atoms with van der Waals surface area (Å²) >= 11 is 3.51. The van der Waals surface area contributed by atoms with Crippen LogP contribution in [0.25, 0.3) is 22.2 Å². The van der Waals surface area contributed by atoms with Gasteiger partial charge in [-0.25, -0.2) is 4.68 Å². The highest BCUT2D eigenvalue weighted by molar-refractivity contribution is 9.10. The van der Waals surface area contributed by atoms with Gasteiger partial charge in [-0.05, 0) is 47.5 Å². The monoisotopic (exact) mass is 536 g/mol. The van der Waals surface area contributed by atoms with E-state index < -0.39 is 6.04 Å². The Hall–Kier alpha value is -4.30. The number of fused-ring (bicyclic) bond motifs is 2. The summed E-state index contributed by atoms with van der Waals surface area (Å²) in [6.07, 6.45) is 3.29. The number of halogens is 1. The number of carbonyl (C=O) groups excluding carboxylic acids is 1. The van der Waals surface area contributed by atoms with Crippen molar-refractivity contribution in [3.63, 3.8) is 0 Å². The maximum atomic E-state index is 13.6. The molecule has 6 rings (SSSR count). The zero-order valence-corrected chi connectivity index (χ0v) is 20.9. The molecule has 2 aromatic heterocycles. The summed E-state index contributed by atoms with van der Waals surface area (Å²) in [5, 5.41) is 13.4. The van der Waals surface area contributed by atoms with Gasteiger partial charge >= 0.3 is 0 Å². The second-order valence-electron chi connectivity index (χ2n) is 8.54. The number of benzene rings is 3. The largest absolute Gasteiger partial charge is 0.328 e. The maximum Gasteiger partial charge on any atom is 0.255 e. The van der Waals surface area contributed by atoms with Crippen LogP contribution in [0.1, 0.15) is 18.5 Å². The van der Waals surface area contributed by atoms with Crippen molar-refractivity contribution < 1.29 is 4.79 Å². The first-order valence-corrected chi connectivity index (χ1v) is 12.3. The predicted octanol–water partition coefficient (Wildman–Crippen LogP) is 6.18. The highest BCUT2D eigenvalue weighted by atomic mass is 79.9. The summed E-state index contributed by atoms with van der Waals surface area (Å²) in [7, 11) is 0. The van der Waals surface area contributed by atoms with E-state index in [1.807, 2.05) is 61.5 Å². The minimum absolute atomic E-state index is 0.228. The van der Waals surface area contributed by atoms with E-state index in [1.165, 1.54) is 0 Å². The average Bonchev–Trinajstić information content (AvgIpc) is 3.32. The molecule has 0 aliphatic carbocycles. The van der Waals surface area contributed by atoms with Crippen LogP contribution in [0.2, 0.25) is 0 Å². The van der Waals surface area contributed by atoms with Crippen LogP contribution in [-0.4, -0.2) is 25.7 Å². The molecule has 176 valence electrons. The molecular formula is C28H21BrN6O. The highest BCUT2D eigenvalue weighted by Crippen LogP contribution is 2.38. The Labute approximate surface area is 216 Å². The summed E-state index contributed by atoms with van der Waals surface area (Å²) in [5.41, 5.74) is 3.76. The van der Waals surface area contributed by atoms with Crippen molar-refractivity contribution in [1.29, 1.82) is 0 Å². The van der Waals surface area contributed by atoms with Gasteiger partial charge in [0.2, 0.25) is 5.95 Å². The summed E-state index contributed by atoms with van der Waals surface area (Å²) in [6.45, 7) is 1.89. The maximum absolute atomic E-state index is 13.6. The second kappa shape index (κ2) is 9.05. The molecule has 0 bridgehead atoms. The Kier molecular flexibility index (Phi) is 5.58. The highest BCUT2D eigenvalue weighted by Gasteiger charge is 2.34. The number of anilines is 2. The van der Waals surface area contributed by atoms with E-state index in [0.29, 0.717) is 28.7 Å². The van der Waals surface area contributed by atoms with Gasteiger partial charge < -0.3 is 10.6 Å². The number of rotatable bonds is 4. The van der Waals surface area contributed by atoms with Crippen LogP contribution >= 0.6 is 15.9 Å². The van der Waals surface area contributed by atoms with Crippen LogP contribution < -0.4 is 10.6 Å². The van der Waals surface area contributed by atoms with E-state index >= 15 is 0 Å². The van der Waals surface area contributed by atoms with Crippen molar-refractivity contribution >= 4 is 44.2 Å². The summed E-state index contributed by atoms with van der Waals surface area (Å²) in [6, 6.07) is 25.3. The standard InChI is InChI=1S/C28H21BrN6O/c1-17-24(27(36)32-21-8-5-15-30-16-21)25(19-11-13-20(29)14-12-19)35-28(31-17)33-26(34-35)23-10-4-7-18-6-2-3-9-22(18)23/h2-16,25H,1H3,(H,32,36)(H,31,33,34). The lowest BCUT2D eigenvalue weighted by Crippen LogP contribution is -2.31. The first-order valence-electron chi connectivity index (χ1n) is 11.5. The Morgan fingerprint density at radius 1 is 1.00 bits per heavy atom. The Morgan fingerprint density at radius 2 is 1.81 bits per heavy atom. The first-order chi connectivity index (χ1) is 17.6. The Morgan fingerprint density at radius 3 is 2.61 bits per heavy atom. The topological polar surface area (TPSA) is 84.7 Å². The molecule has 7 nitrogen and oxygen atoms in total. The van der Waals surface area contributed by atoms with Crippen molar-refractivity contribution in [3.8, 4) is 11.4 Å². The Balaban J connectivity index is 1.48. The molecule has 3 aromatic carbocycles. The third-order valence-corrected chi connectivity index (χ3v) is 6.76. The molecule has 1 unspecified atom stereocenters. The molecule has 0 spiro atoms. The average molecular weight is 537 g/mol. The first kappa shape index (κ1) is 22.2. The van der Waals surface area contributed by atoms with Crippen molar-refractivity contribution in [2.75, 3.05) is 10.6 Å². The van der Waals surface area contributed by atoms with Crippen LogP contribution in [0.4, 0.5) is 11.6 Å². The van der Waals surface area contributed by atoms with Gasteiger partial charge in [0.25, 0.3) is 5.91 Å². The summed E-state index contributed by atoms with van der Waals surface area (Å²) < 4.78 is 2.75. The van der Waals surface area contributed by atoms with Crippen LogP contribution in [0.15, 0.2) is 107 Å². The van der Waals surface area contributed by atoms with Gasteiger partial charge in [0.05, 0.1) is 17.5 Å². The molecule has 0 fully saturated rings. The Bertz CT molecular complexity index is 1620. The molecule has 0 saturated heterocycles. The lowest BCUT2D eigenvalue weighted by Gasteiger charge is -2.28. The molecule has 1 atom stereocenters. The molecule has 0 radical (unpaired) electrons. The van der Waals surface area contributed by atoms with E-state index in [-0.39, 0.29) is 5.91 Å². The molecule has 8 heteroatoms. The van der Waals surface area contributed by atoms with Crippen LogP contribution in [0, 0.1) is 0 Å². The molecule has 0 saturated carbocycles. The number of nitrogens with zero attached hydrogens (tertiary/aromatic N) is 4. The van der Waals surface area contributed by atoms with Gasteiger partial charge in [-0.3, -0.25) is 9.78 Å². The fraction of sp³-hybridized carbons (Fsp3) is 0.0714. The van der Waals surface area contributed by atoms with Crippen molar-refractivity contribution in [1.82, 2.24) is 19.7 Å². The molecule has 36 heavy (non-hydrogen) atoms. The van der Waals surface area contributed by atoms with Crippen LogP contribution in [0.5, 0.6) is 0 Å². The van der Waals surface area contributed by atoms with Gasteiger partial charge in [-0.15, -0.1) is 5.10 Å². The fourth-order valence-electron chi connectivity index (χ4n) is 4.57.